The third kappa shape index (κ3) is 1.65. The van der Waals surface area contributed by atoms with Gasteiger partial charge in [-0.2, -0.15) is 5.26 Å². The summed E-state index contributed by atoms with van der Waals surface area (Å²) in [6.45, 7) is 10.5. The number of rotatable bonds is 1. The van der Waals surface area contributed by atoms with Gasteiger partial charge in [0, 0.05) is 0 Å². The molecular weight excluding hydrogens is 170 g/mol. The number of nitriles is 1. The maximum absolute atomic E-state index is 9.08. The molecule has 0 saturated carbocycles. The van der Waals surface area contributed by atoms with Crippen LogP contribution < -0.4 is 0 Å². The molecule has 0 heterocycles. The normalized spacial score (nSPS) is 10.4. The summed E-state index contributed by atoms with van der Waals surface area (Å²) < 4.78 is 0. The van der Waals surface area contributed by atoms with Gasteiger partial charge in [-0.3, -0.25) is 0 Å². The van der Waals surface area contributed by atoms with Crippen molar-refractivity contribution in [2.45, 2.75) is 40.5 Å². The lowest BCUT2D eigenvalue weighted by atomic mass is 9.89. The van der Waals surface area contributed by atoms with Gasteiger partial charge in [0.25, 0.3) is 0 Å². The topological polar surface area (TPSA) is 23.8 Å². The molecule has 0 fully saturated rings. The quantitative estimate of drug-likeness (QED) is 0.659. The smallest absolute Gasteiger partial charge is 0.0997 e. The minimum absolute atomic E-state index is 0.487. The van der Waals surface area contributed by atoms with Crippen molar-refractivity contribution in [1.82, 2.24) is 0 Å². The van der Waals surface area contributed by atoms with Gasteiger partial charge in [-0.1, -0.05) is 19.9 Å². The van der Waals surface area contributed by atoms with E-state index in [0.29, 0.717) is 5.92 Å². The molecule has 1 rings (SSSR count). The number of aryl methyl sites for hydroxylation is 1. The van der Waals surface area contributed by atoms with Crippen LogP contribution in [0, 0.1) is 32.1 Å². The summed E-state index contributed by atoms with van der Waals surface area (Å²) >= 11 is 0. The van der Waals surface area contributed by atoms with Crippen LogP contribution in [0.4, 0.5) is 0 Å². The first-order chi connectivity index (χ1) is 6.49. The Bertz CT molecular complexity index is 395. The molecule has 1 aromatic rings. The first-order valence-electron chi connectivity index (χ1n) is 4.99. The Morgan fingerprint density at radius 3 is 2.14 bits per heavy atom. The van der Waals surface area contributed by atoms with Gasteiger partial charge in [0.2, 0.25) is 0 Å². The van der Waals surface area contributed by atoms with Crippen LogP contribution in [0.1, 0.15) is 47.6 Å². The number of nitrogens with zero attached hydrogens (tertiary/aromatic N) is 1. The van der Waals surface area contributed by atoms with Crippen molar-refractivity contribution >= 4 is 0 Å². The van der Waals surface area contributed by atoms with E-state index >= 15 is 0 Å². The molecule has 0 amide bonds. The third-order valence-corrected chi connectivity index (χ3v) is 2.88. The molecule has 0 saturated heterocycles. The van der Waals surface area contributed by atoms with E-state index in [9.17, 15) is 0 Å². The van der Waals surface area contributed by atoms with Crippen molar-refractivity contribution in [3.8, 4) is 6.07 Å². The van der Waals surface area contributed by atoms with E-state index in [-0.39, 0.29) is 0 Å². The summed E-state index contributed by atoms with van der Waals surface area (Å²) in [5.74, 6) is 0.487. The van der Waals surface area contributed by atoms with Crippen LogP contribution in [0.2, 0.25) is 0 Å². The molecule has 1 aromatic carbocycles. The summed E-state index contributed by atoms with van der Waals surface area (Å²) in [7, 11) is 0. The van der Waals surface area contributed by atoms with Crippen LogP contribution in [0.3, 0.4) is 0 Å². The van der Waals surface area contributed by atoms with E-state index in [1.54, 1.807) is 0 Å². The molecular formula is C13H17N. The van der Waals surface area contributed by atoms with Crippen molar-refractivity contribution in [2.24, 2.45) is 0 Å². The van der Waals surface area contributed by atoms with Crippen LogP contribution in [-0.4, -0.2) is 0 Å². The van der Waals surface area contributed by atoms with E-state index in [4.69, 9.17) is 5.26 Å². The lowest BCUT2D eigenvalue weighted by Gasteiger charge is -2.15. The van der Waals surface area contributed by atoms with Gasteiger partial charge in [0.05, 0.1) is 11.6 Å². The van der Waals surface area contributed by atoms with Gasteiger partial charge in [-0.05, 0) is 48.9 Å². The first-order valence-corrected chi connectivity index (χ1v) is 4.99. The molecule has 74 valence electrons. The largest absolute Gasteiger partial charge is 0.192 e. The SMILES string of the molecule is Cc1cc(C(C)C)c(C)c(C#N)c1C. The van der Waals surface area contributed by atoms with Gasteiger partial charge in [-0.15, -0.1) is 0 Å². The molecule has 0 aliphatic carbocycles. The maximum Gasteiger partial charge on any atom is 0.0997 e. The second-order valence-electron chi connectivity index (χ2n) is 4.17. The van der Waals surface area contributed by atoms with Crippen molar-refractivity contribution in [3.63, 3.8) is 0 Å². The lowest BCUT2D eigenvalue weighted by molar-refractivity contribution is 0.852. The molecule has 0 spiro atoms. The van der Waals surface area contributed by atoms with Crippen molar-refractivity contribution < 1.29 is 0 Å². The molecule has 0 aromatic heterocycles. The fraction of sp³-hybridized carbons (Fsp3) is 0.462. The van der Waals surface area contributed by atoms with Crippen LogP contribution >= 0.6 is 0 Å². The zero-order valence-electron chi connectivity index (χ0n) is 9.60. The molecule has 14 heavy (non-hydrogen) atoms. The Morgan fingerprint density at radius 2 is 1.71 bits per heavy atom. The van der Waals surface area contributed by atoms with Gasteiger partial charge in [-0.25, -0.2) is 0 Å². The highest BCUT2D eigenvalue weighted by molar-refractivity contribution is 5.51. The number of benzene rings is 1. The molecule has 0 N–H and O–H groups in total. The second kappa shape index (κ2) is 3.84. The zero-order valence-corrected chi connectivity index (χ0v) is 9.60. The van der Waals surface area contributed by atoms with Crippen molar-refractivity contribution in [1.29, 1.82) is 5.26 Å². The fourth-order valence-electron chi connectivity index (χ4n) is 1.84. The Kier molecular flexibility index (Phi) is 2.96. The summed E-state index contributed by atoms with van der Waals surface area (Å²) in [6, 6.07) is 4.50. The summed E-state index contributed by atoms with van der Waals surface area (Å²) in [5.41, 5.74) is 5.63. The minimum atomic E-state index is 0.487. The van der Waals surface area contributed by atoms with Crippen LogP contribution in [0.5, 0.6) is 0 Å². The van der Waals surface area contributed by atoms with Crippen LogP contribution in [0.25, 0.3) is 0 Å². The summed E-state index contributed by atoms with van der Waals surface area (Å²) in [5, 5.41) is 9.08. The Balaban J connectivity index is 3.53. The monoisotopic (exact) mass is 187 g/mol. The Hall–Kier alpha value is -1.29. The van der Waals surface area contributed by atoms with Crippen molar-refractivity contribution in [3.05, 3.63) is 33.9 Å². The highest BCUT2D eigenvalue weighted by Crippen LogP contribution is 2.26. The predicted octanol–water partition coefficient (Wildman–Crippen LogP) is 3.61. The highest BCUT2D eigenvalue weighted by atomic mass is 14.3. The second-order valence-corrected chi connectivity index (χ2v) is 4.17. The number of hydrogen-bond donors (Lipinski definition) is 0. The third-order valence-electron chi connectivity index (χ3n) is 2.88. The molecule has 0 unspecified atom stereocenters. The van der Waals surface area contributed by atoms with E-state index in [0.717, 1.165) is 16.7 Å². The van der Waals surface area contributed by atoms with Gasteiger partial charge >= 0.3 is 0 Å². The van der Waals surface area contributed by atoms with E-state index in [2.05, 4.69) is 32.9 Å². The highest BCUT2D eigenvalue weighted by Gasteiger charge is 2.11. The van der Waals surface area contributed by atoms with Crippen LogP contribution in [0.15, 0.2) is 6.07 Å². The van der Waals surface area contributed by atoms with Crippen molar-refractivity contribution in [2.75, 3.05) is 0 Å². The van der Waals surface area contributed by atoms with Gasteiger partial charge in [0.15, 0.2) is 0 Å². The molecule has 0 aliphatic rings. The average Bonchev–Trinajstić information content (AvgIpc) is 2.12. The Labute approximate surface area is 86.4 Å². The van der Waals surface area contributed by atoms with Gasteiger partial charge < -0.3 is 0 Å². The summed E-state index contributed by atoms with van der Waals surface area (Å²) in [4.78, 5) is 0. The zero-order chi connectivity index (χ0) is 10.9. The standard InChI is InChI=1S/C13H17N/c1-8(2)12-6-9(3)10(4)13(7-14)11(12)5/h6,8H,1-5H3. The minimum Gasteiger partial charge on any atom is -0.192 e. The molecule has 0 aliphatic heterocycles. The van der Waals surface area contributed by atoms with E-state index < -0.39 is 0 Å². The van der Waals surface area contributed by atoms with Gasteiger partial charge in [0.1, 0.15) is 0 Å². The molecule has 0 radical (unpaired) electrons. The average molecular weight is 187 g/mol. The molecule has 1 heteroatoms. The molecule has 0 bridgehead atoms. The van der Waals surface area contributed by atoms with E-state index in [1.165, 1.54) is 11.1 Å². The maximum atomic E-state index is 9.08. The van der Waals surface area contributed by atoms with Crippen LogP contribution in [-0.2, 0) is 0 Å². The summed E-state index contributed by atoms with van der Waals surface area (Å²) in [6.07, 6.45) is 0. The van der Waals surface area contributed by atoms with E-state index in [1.807, 2.05) is 13.8 Å². The number of hydrogen-bond acceptors (Lipinski definition) is 1. The fourth-order valence-corrected chi connectivity index (χ4v) is 1.84. The molecule has 0 atom stereocenters. The first kappa shape index (κ1) is 10.8. The predicted molar refractivity (Wildman–Crippen MR) is 59.5 cm³/mol. The lowest BCUT2D eigenvalue weighted by Crippen LogP contribution is -2.00. The molecule has 1 nitrogen and oxygen atoms in total. The Morgan fingerprint density at radius 1 is 1.14 bits per heavy atom.